The minimum atomic E-state index is -0.996. The van der Waals surface area contributed by atoms with Crippen molar-refractivity contribution in [3.63, 3.8) is 0 Å². The molecule has 0 aliphatic carbocycles. The quantitative estimate of drug-likeness (QED) is 0.112. The number of aromatic nitrogens is 1. The van der Waals surface area contributed by atoms with Crippen molar-refractivity contribution >= 4 is 41.0 Å². The molecule has 45 heavy (non-hydrogen) atoms. The Kier molecular flexibility index (Phi) is 13.4. The summed E-state index contributed by atoms with van der Waals surface area (Å²) in [6, 6.07) is 3.59. The monoisotopic (exact) mass is 648 g/mol. The van der Waals surface area contributed by atoms with Gasteiger partial charge in [-0.15, -0.1) is 11.3 Å². The van der Waals surface area contributed by atoms with Crippen LogP contribution in [0.25, 0.3) is 0 Å². The van der Waals surface area contributed by atoms with Gasteiger partial charge in [0.25, 0.3) is 5.69 Å². The Morgan fingerprint density at radius 3 is 2.20 bits per heavy atom. The molecule has 0 saturated heterocycles. The second-order valence-electron chi connectivity index (χ2n) is 12.0. The fraction of sp³-hybridized carbons (Fsp3) is 0.581. The molecule has 2 amide bonds. The Morgan fingerprint density at radius 2 is 1.69 bits per heavy atom. The van der Waals surface area contributed by atoms with Gasteiger partial charge < -0.3 is 24.4 Å². The summed E-state index contributed by atoms with van der Waals surface area (Å²) in [5.74, 6) is -2.09. The largest absolute Gasteiger partial charge is 0.461 e. The Bertz CT molecular complexity index is 1340. The zero-order valence-corrected chi connectivity index (χ0v) is 28.1. The molecule has 4 unspecified atom stereocenters. The van der Waals surface area contributed by atoms with Crippen LogP contribution in [0.4, 0.5) is 10.5 Å². The normalized spacial score (nSPS) is 14.1. The predicted octanol–water partition coefficient (Wildman–Crippen LogP) is 5.94. The number of ether oxygens (including phenoxy) is 3. The fourth-order valence-corrected chi connectivity index (χ4v) is 5.28. The highest BCUT2D eigenvalue weighted by Crippen LogP contribution is 2.32. The first-order chi connectivity index (χ1) is 21.0. The van der Waals surface area contributed by atoms with Crippen molar-refractivity contribution in [2.75, 3.05) is 13.7 Å². The molecule has 0 fully saturated rings. The van der Waals surface area contributed by atoms with Gasteiger partial charge in [0.05, 0.1) is 17.1 Å². The summed E-state index contributed by atoms with van der Waals surface area (Å²) in [5, 5.41) is 15.6. The van der Waals surface area contributed by atoms with Crippen molar-refractivity contribution in [1.29, 1.82) is 0 Å². The van der Waals surface area contributed by atoms with E-state index in [-0.39, 0.29) is 47.7 Å². The fourth-order valence-electron chi connectivity index (χ4n) is 4.45. The number of non-ortho nitro benzene ring substituents is 1. The minimum Gasteiger partial charge on any atom is -0.461 e. The third-order valence-corrected chi connectivity index (χ3v) is 8.00. The average molecular weight is 649 g/mol. The van der Waals surface area contributed by atoms with Crippen LogP contribution in [0.15, 0.2) is 29.6 Å². The number of carbonyl (C=O) groups is 4. The summed E-state index contributed by atoms with van der Waals surface area (Å²) in [4.78, 5) is 68.6. The molecule has 2 rings (SSSR count). The van der Waals surface area contributed by atoms with E-state index < -0.39 is 46.7 Å². The molecule has 1 aromatic carbocycles. The number of carbonyl (C=O) groups excluding carboxylic acids is 4. The number of alkyl carbamates (subject to hydrolysis) is 1. The van der Waals surface area contributed by atoms with Crippen LogP contribution in [-0.2, 0) is 19.0 Å². The summed E-state index contributed by atoms with van der Waals surface area (Å²) in [7, 11) is 1.63. The molecule has 13 nitrogen and oxygen atoms in total. The molecule has 0 radical (unpaired) electrons. The van der Waals surface area contributed by atoms with Gasteiger partial charge >= 0.3 is 18.0 Å². The highest BCUT2D eigenvalue weighted by molar-refractivity contribution is 7.09. The van der Waals surface area contributed by atoms with Crippen LogP contribution in [0.2, 0.25) is 0 Å². The molecule has 1 N–H and O–H groups in total. The van der Waals surface area contributed by atoms with Crippen molar-refractivity contribution in [3.8, 4) is 0 Å². The Balaban J connectivity index is 2.43. The number of rotatable bonds is 14. The standard InChI is InChI=1S/C31H44N4O9S/c1-10-19(5)25(33-30(39)44-31(6,7)8)27(36)34(9)23(18(3)4)16-24(26-32-22(17-45-26)29(38)42-11-2)43-28(37)20-12-14-21(15-13-20)35(40)41/h12-15,17-19,23-25H,10-11,16H2,1-9H3,(H,33,39). The molecular weight excluding hydrogens is 604 g/mol. The maximum atomic E-state index is 13.9. The van der Waals surface area contributed by atoms with Crippen LogP contribution >= 0.6 is 11.3 Å². The van der Waals surface area contributed by atoms with Crippen molar-refractivity contribution < 1.29 is 38.3 Å². The summed E-state index contributed by atoms with van der Waals surface area (Å²) in [6.45, 7) is 14.6. The first-order valence-electron chi connectivity index (χ1n) is 14.8. The number of nitrogens with zero attached hydrogens (tertiary/aromatic N) is 3. The summed E-state index contributed by atoms with van der Waals surface area (Å²) >= 11 is 1.10. The van der Waals surface area contributed by atoms with Gasteiger partial charge in [-0.2, -0.15) is 0 Å². The van der Waals surface area contributed by atoms with E-state index >= 15 is 0 Å². The lowest BCUT2D eigenvalue weighted by Gasteiger charge is -2.37. The van der Waals surface area contributed by atoms with Gasteiger partial charge in [0.2, 0.25) is 5.91 Å². The molecule has 2 aromatic rings. The molecule has 0 aliphatic rings. The maximum Gasteiger partial charge on any atom is 0.408 e. The van der Waals surface area contributed by atoms with E-state index in [2.05, 4.69) is 10.3 Å². The number of hydrogen-bond donors (Lipinski definition) is 1. The van der Waals surface area contributed by atoms with Crippen LogP contribution in [0, 0.1) is 22.0 Å². The number of benzene rings is 1. The van der Waals surface area contributed by atoms with Gasteiger partial charge in [0.1, 0.15) is 16.7 Å². The molecule has 248 valence electrons. The van der Waals surface area contributed by atoms with E-state index in [0.717, 1.165) is 11.3 Å². The third-order valence-electron chi connectivity index (χ3n) is 7.07. The molecule has 1 heterocycles. The highest BCUT2D eigenvalue weighted by atomic mass is 32.1. The molecule has 14 heteroatoms. The number of hydrogen-bond acceptors (Lipinski definition) is 11. The van der Waals surface area contributed by atoms with Crippen LogP contribution in [0.5, 0.6) is 0 Å². The molecule has 1 aromatic heterocycles. The number of thiazole rings is 1. The molecule has 4 atom stereocenters. The van der Waals surface area contributed by atoms with Crippen molar-refractivity contribution in [2.24, 2.45) is 11.8 Å². The topological polar surface area (TPSA) is 167 Å². The van der Waals surface area contributed by atoms with Crippen molar-refractivity contribution in [3.05, 3.63) is 56.0 Å². The van der Waals surface area contributed by atoms with Gasteiger partial charge in [-0.25, -0.2) is 19.4 Å². The van der Waals surface area contributed by atoms with E-state index in [9.17, 15) is 29.3 Å². The average Bonchev–Trinajstić information content (AvgIpc) is 3.46. The highest BCUT2D eigenvalue weighted by Gasteiger charge is 2.36. The lowest BCUT2D eigenvalue weighted by molar-refractivity contribution is -0.384. The summed E-state index contributed by atoms with van der Waals surface area (Å²) in [5.41, 5.74) is -0.803. The molecule has 0 spiro atoms. The lowest BCUT2D eigenvalue weighted by atomic mass is 9.93. The van der Waals surface area contributed by atoms with Crippen LogP contribution in [-0.4, -0.2) is 70.1 Å². The maximum absolute atomic E-state index is 13.9. The molecular formula is C31H44N4O9S. The first kappa shape index (κ1) is 37.1. The second-order valence-corrected chi connectivity index (χ2v) is 12.9. The molecule has 0 aliphatic heterocycles. The predicted molar refractivity (Wildman–Crippen MR) is 168 cm³/mol. The Hall–Kier alpha value is -4.07. The van der Waals surface area contributed by atoms with E-state index in [1.54, 1.807) is 34.7 Å². The van der Waals surface area contributed by atoms with E-state index in [0.29, 0.717) is 11.4 Å². The van der Waals surface area contributed by atoms with Crippen LogP contribution in [0.1, 0.15) is 100 Å². The second kappa shape index (κ2) is 16.3. The SMILES string of the molecule is CCOC(=O)c1csc(C(CC(C(C)C)N(C)C(=O)C(NC(=O)OC(C)(C)C)C(C)CC)OC(=O)c2ccc([N+](=O)[O-])cc2)n1. The summed E-state index contributed by atoms with van der Waals surface area (Å²) in [6.07, 6.45) is -0.990. The van der Waals surface area contributed by atoms with Crippen LogP contribution < -0.4 is 5.32 Å². The van der Waals surface area contributed by atoms with Crippen LogP contribution in [0.3, 0.4) is 0 Å². The summed E-state index contributed by atoms with van der Waals surface area (Å²) < 4.78 is 16.4. The Labute approximate surface area is 267 Å². The minimum absolute atomic E-state index is 0.0529. The zero-order chi connectivity index (χ0) is 34.1. The van der Waals surface area contributed by atoms with Crippen molar-refractivity contribution in [2.45, 2.75) is 92.0 Å². The van der Waals surface area contributed by atoms with E-state index in [4.69, 9.17) is 14.2 Å². The smallest absolute Gasteiger partial charge is 0.408 e. The number of nitrogens with one attached hydrogen (secondary N) is 1. The van der Waals surface area contributed by atoms with E-state index in [1.807, 2.05) is 27.7 Å². The van der Waals surface area contributed by atoms with Gasteiger partial charge in [-0.3, -0.25) is 14.9 Å². The number of esters is 2. The molecule has 0 saturated carbocycles. The zero-order valence-electron chi connectivity index (χ0n) is 27.3. The molecule has 0 bridgehead atoms. The Morgan fingerprint density at radius 1 is 1.07 bits per heavy atom. The number of amides is 2. The van der Waals surface area contributed by atoms with Crippen molar-refractivity contribution in [1.82, 2.24) is 15.2 Å². The number of nitro benzene ring substituents is 1. The third kappa shape index (κ3) is 10.8. The van der Waals surface area contributed by atoms with Gasteiger partial charge in [-0.1, -0.05) is 34.1 Å². The van der Waals surface area contributed by atoms with Gasteiger partial charge in [0, 0.05) is 37.0 Å². The number of likely N-dealkylation sites (N-methyl/N-ethyl adjacent to an activating group) is 1. The lowest BCUT2D eigenvalue weighted by Crippen LogP contribution is -2.55. The first-order valence-corrected chi connectivity index (χ1v) is 15.7. The number of nitro groups is 1. The van der Waals surface area contributed by atoms with E-state index in [1.165, 1.54) is 34.5 Å². The van der Waals surface area contributed by atoms with Gasteiger partial charge in [-0.05, 0) is 51.7 Å². The van der Waals surface area contributed by atoms with Gasteiger partial charge in [0.15, 0.2) is 11.8 Å².